The zero-order chi connectivity index (χ0) is 18.7. The van der Waals surface area contributed by atoms with Gasteiger partial charge < -0.3 is 10.1 Å². The minimum atomic E-state index is -0.500. The van der Waals surface area contributed by atoms with Crippen LogP contribution in [0, 0.1) is 5.92 Å². The maximum atomic E-state index is 12.6. The van der Waals surface area contributed by atoms with E-state index in [4.69, 9.17) is 16.3 Å². The molecule has 134 valence electrons. The third-order valence-corrected chi connectivity index (χ3v) is 3.95. The van der Waals surface area contributed by atoms with Gasteiger partial charge in [-0.25, -0.2) is 9.69 Å². The van der Waals surface area contributed by atoms with Crippen LogP contribution in [0.1, 0.15) is 19.4 Å². The monoisotopic (exact) mass is 370 g/mol. The van der Waals surface area contributed by atoms with Crippen molar-refractivity contribution in [1.29, 1.82) is 0 Å². The maximum Gasteiger partial charge on any atom is 0.333 e. The molecule has 0 spiro atoms. The van der Waals surface area contributed by atoms with Crippen molar-refractivity contribution in [2.45, 2.75) is 13.8 Å². The molecule has 6 heteroatoms. The van der Waals surface area contributed by atoms with E-state index in [1.807, 2.05) is 24.3 Å². The van der Waals surface area contributed by atoms with Crippen molar-refractivity contribution in [3.63, 3.8) is 0 Å². The summed E-state index contributed by atoms with van der Waals surface area (Å²) in [5.41, 5.74) is 1.44. The Morgan fingerprint density at radius 3 is 2.54 bits per heavy atom. The summed E-state index contributed by atoms with van der Waals surface area (Å²) < 4.78 is 5.64. The third-order valence-electron chi connectivity index (χ3n) is 3.72. The first-order valence-corrected chi connectivity index (χ1v) is 8.67. The second-order valence-electron chi connectivity index (χ2n) is 6.38. The number of ether oxygens (including phenoxy) is 1. The molecule has 26 heavy (non-hydrogen) atoms. The fourth-order valence-electron chi connectivity index (χ4n) is 2.47. The van der Waals surface area contributed by atoms with Crippen LogP contribution < -0.4 is 15.0 Å². The van der Waals surface area contributed by atoms with Gasteiger partial charge in [-0.05, 0) is 47.9 Å². The molecule has 0 unspecified atom stereocenters. The smallest absolute Gasteiger partial charge is 0.333 e. The van der Waals surface area contributed by atoms with E-state index in [-0.39, 0.29) is 5.70 Å². The van der Waals surface area contributed by atoms with Crippen molar-refractivity contribution >= 4 is 35.3 Å². The van der Waals surface area contributed by atoms with Crippen LogP contribution in [0.3, 0.4) is 0 Å². The molecule has 0 atom stereocenters. The molecule has 1 aliphatic rings. The summed E-state index contributed by atoms with van der Waals surface area (Å²) >= 11 is 5.95. The average molecular weight is 371 g/mol. The predicted molar refractivity (Wildman–Crippen MR) is 102 cm³/mol. The third kappa shape index (κ3) is 4.06. The summed E-state index contributed by atoms with van der Waals surface area (Å²) in [7, 11) is 0. The summed E-state index contributed by atoms with van der Waals surface area (Å²) in [6, 6.07) is 13.5. The SMILES string of the molecule is CC(C)COc1ccc(/C=C2/NC(=O)N(c3cccc(Cl)c3)C2=O)cc1. The highest BCUT2D eigenvalue weighted by atomic mass is 35.5. The molecule has 1 aliphatic heterocycles. The molecule has 0 aliphatic carbocycles. The molecule has 0 radical (unpaired) electrons. The summed E-state index contributed by atoms with van der Waals surface area (Å²) in [5, 5.41) is 3.06. The zero-order valence-electron chi connectivity index (χ0n) is 14.5. The highest BCUT2D eigenvalue weighted by Gasteiger charge is 2.34. The molecule has 0 saturated carbocycles. The Morgan fingerprint density at radius 1 is 1.15 bits per heavy atom. The standard InChI is InChI=1S/C20H19ClN2O3/c1-13(2)12-26-17-8-6-14(7-9-17)10-18-19(24)23(20(25)22-18)16-5-3-4-15(21)11-16/h3-11,13H,12H2,1-2H3,(H,22,25)/b18-10+. The molecule has 1 saturated heterocycles. The number of benzene rings is 2. The van der Waals surface area contributed by atoms with Crippen LogP contribution in [0.15, 0.2) is 54.2 Å². The highest BCUT2D eigenvalue weighted by Crippen LogP contribution is 2.25. The predicted octanol–water partition coefficient (Wildman–Crippen LogP) is 4.47. The van der Waals surface area contributed by atoms with Gasteiger partial charge in [0.1, 0.15) is 11.4 Å². The van der Waals surface area contributed by atoms with Gasteiger partial charge in [0.25, 0.3) is 5.91 Å². The lowest BCUT2D eigenvalue weighted by molar-refractivity contribution is -0.113. The van der Waals surface area contributed by atoms with E-state index in [0.29, 0.717) is 23.2 Å². The molecular weight excluding hydrogens is 352 g/mol. The number of halogens is 1. The quantitative estimate of drug-likeness (QED) is 0.624. The molecule has 1 fully saturated rings. The summed E-state index contributed by atoms with van der Waals surface area (Å²) in [5.74, 6) is 0.793. The van der Waals surface area contributed by atoms with E-state index in [9.17, 15) is 9.59 Å². The van der Waals surface area contributed by atoms with E-state index >= 15 is 0 Å². The van der Waals surface area contributed by atoms with Crippen LogP contribution in [0.4, 0.5) is 10.5 Å². The normalized spacial score (nSPS) is 15.7. The second-order valence-corrected chi connectivity index (χ2v) is 6.82. The number of hydrogen-bond donors (Lipinski definition) is 1. The van der Waals surface area contributed by atoms with Crippen molar-refractivity contribution in [2.75, 3.05) is 11.5 Å². The lowest BCUT2D eigenvalue weighted by Gasteiger charge is -2.11. The molecular formula is C20H19ClN2O3. The second kappa shape index (κ2) is 7.62. The number of hydrogen-bond acceptors (Lipinski definition) is 3. The first-order chi connectivity index (χ1) is 12.4. The maximum absolute atomic E-state index is 12.6. The number of rotatable bonds is 5. The molecule has 2 aromatic rings. The number of urea groups is 1. The molecule has 1 N–H and O–H groups in total. The minimum Gasteiger partial charge on any atom is -0.493 e. The van der Waals surface area contributed by atoms with Crippen molar-refractivity contribution < 1.29 is 14.3 Å². The molecule has 3 rings (SSSR count). The number of imide groups is 1. The van der Waals surface area contributed by atoms with Gasteiger partial charge >= 0.3 is 6.03 Å². The van der Waals surface area contributed by atoms with Crippen LogP contribution in [-0.4, -0.2) is 18.5 Å². The molecule has 0 aromatic heterocycles. The Bertz CT molecular complexity index is 860. The van der Waals surface area contributed by atoms with Gasteiger partial charge in [0, 0.05) is 5.02 Å². The number of nitrogens with zero attached hydrogens (tertiary/aromatic N) is 1. The van der Waals surface area contributed by atoms with Crippen LogP contribution in [-0.2, 0) is 4.79 Å². The van der Waals surface area contributed by atoms with Crippen LogP contribution in [0.25, 0.3) is 6.08 Å². The van der Waals surface area contributed by atoms with Crippen molar-refractivity contribution in [1.82, 2.24) is 5.32 Å². The topological polar surface area (TPSA) is 58.6 Å². The van der Waals surface area contributed by atoms with E-state index in [0.717, 1.165) is 16.2 Å². The first kappa shape index (κ1) is 18.0. The Morgan fingerprint density at radius 2 is 1.88 bits per heavy atom. The highest BCUT2D eigenvalue weighted by molar-refractivity contribution is 6.32. The van der Waals surface area contributed by atoms with Gasteiger partial charge in [0.2, 0.25) is 0 Å². The lowest BCUT2D eigenvalue weighted by atomic mass is 10.2. The number of nitrogens with one attached hydrogen (secondary N) is 1. The summed E-state index contributed by atoms with van der Waals surface area (Å²) in [4.78, 5) is 25.8. The van der Waals surface area contributed by atoms with Crippen LogP contribution in [0.2, 0.25) is 5.02 Å². The molecule has 5 nitrogen and oxygen atoms in total. The fraction of sp³-hybridized carbons (Fsp3) is 0.200. The largest absolute Gasteiger partial charge is 0.493 e. The Labute approximate surface area is 157 Å². The molecule has 0 bridgehead atoms. The van der Waals surface area contributed by atoms with Gasteiger partial charge in [-0.1, -0.05) is 43.6 Å². The van der Waals surface area contributed by atoms with Crippen molar-refractivity contribution in [3.8, 4) is 5.75 Å². The molecule has 2 aromatic carbocycles. The average Bonchev–Trinajstić information content (AvgIpc) is 2.88. The fourth-order valence-corrected chi connectivity index (χ4v) is 2.66. The van der Waals surface area contributed by atoms with E-state index < -0.39 is 11.9 Å². The molecule has 3 amide bonds. The van der Waals surface area contributed by atoms with Gasteiger partial charge in [-0.15, -0.1) is 0 Å². The van der Waals surface area contributed by atoms with Crippen LogP contribution in [0.5, 0.6) is 5.75 Å². The van der Waals surface area contributed by atoms with E-state index in [1.165, 1.54) is 0 Å². The number of carbonyl (C=O) groups excluding carboxylic acids is 2. The Hall–Kier alpha value is -2.79. The van der Waals surface area contributed by atoms with Gasteiger partial charge in [-0.3, -0.25) is 4.79 Å². The number of anilines is 1. The van der Waals surface area contributed by atoms with Gasteiger partial charge in [0.05, 0.1) is 12.3 Å². The van der Waals surface area contributed by atoms with E-state index in [1.54, 1.807) is 30.3 Å². The van der Waals surface area contributed by atoms with Crippen molar-refractivity contribution in [3.05, 3.63) is 64.8 Å². The zero-order valence-corrected chi connectivity index (χ0v) is 15.3. The van der Waals surface area contributed by atoms with Crippen molar-refractivity contribution in [2.24, 2.45) is 5.92 Å². The number of amides is 3. The lowest BCUT2D eigenvalue weighted by Crippen LogP contribution is -2.30. The minimum absolute atomic E-state index is 0.214. The molecule has 1 heterocycles. The Kier molecular flexibility index (Phi) is 5.28. The first-order valence-electron chi connectivity index (χ1n) is 8.29. The van der Waals surface area contributed by atoms with E-state index in [2.05, 4.69) is 19.2 Å². The van der Waals surface area contributed by atoms with Crippen LogP contribution >= 0.6 is 11.6 Å². The van der Waals surface area contributed by atoms with Gasteiger partial charge in [0.15, 0.2) is 0 Å². The number of carbonyl (C=O) groups is 2. The Balaban J connectivity index is 1.77. The summed E-state index contributed by atoms with van der Waals surface area (Å²) in [6.45, 7) is 4.81. The van der Waals surface area contributed by atoms with Gasteiger partial charge in [-0.2, -0.15) is 0 Å². The summed E-state index contributed by atoms with van der Waals surface area (Å²) in [6.07, 6.45) is 1.64.